The molecule has 3 rings (SSSR count). The molecule has 0 saturated carbocycles. The standard InChI is InChI=1S/C16H19N3O5/c1-24-12-4-2-11(3-5-12)19-14(20)10-13(15(19)21)17-6-8-18(9-7-17)16(22)23/h2-5,13H,6-10H2,1H3,(H,22,23). The van der Waals surface area contributed by atoms with E-state index in [0.717, 1.165) is 0 Å². The van der Waals surface area contributed by atoms with Crippen LogP contribution in [-0.2, 0) is 9.59 Å². The molecule has 0 radical (unpaired) electrons. The highest BCUT2D eigenvalue weighted by Gasteiger charge is 2.43. The van der Waals surface area contributed by atoms with Crippen LogP contribution >= 0.6 is 0 Å². The second-order valence-electron chi connectivity index (χ2n) is 5.79. The zero-order valence-corrected chi connectivity index (χ0v) is 13.3. The van der Waals surface area contributed by atoms with Crippen LogP contribution in [0.4, 0.5) is 10.5 Å². The Kier molecular flexibility index (Phi) is 4.39. The molecule has 128 valence electrons. The van der Waals surface area contributed by atoms with Crippen molar-refractivity contribution < 1.29 is 24.2 Å². The number of hydrogen-bond donors (Lipinski definition) is 1. The zero-order chi connectivity index (χ0) is 17.3. The summed E-state index contributed by atoms with van der Waals surface area (Å²) in [6, 6.07) is 6.25. The van der Waals surface area contributed by atoms with Gasteiger partial charge in [-0.15, -0.1) is 0 Å². The van der Waals surface area contributed by atoms with Crippen molar-refractivity contribution in [2.75, 3.05) is 38.2 Å². The summed E-state index contributed by atoms with van der Waals surface area (Å²) in [6.45, 7) is 1.59. The fourth-order valence-electron chi connectivity index (χ4n) is 3.13. The molecular weight excluding hydrogens is 314 g/mol. The van der Waals surface area contributed by atoms with Gasteiger partial charge in [-0.3, -0.25) is 14.5 Å². The van der Waals surface area contributed by atoms with Crippen molar-refractivity contribution in [3.63, 3.8) is 0 Å². The third-order valence-corrected chi connectivity index (χ3v) is 4.48. The highest BCUT2D eigenvalue weighted by atomic mass is 16.5. The third-order valence-electron chi connectivity index (χ3n) is 4.48. The maximum absolute atomic E-state index is 12.7. The first-order valence-corrected chi connectivity index (χ1v) is 7.74. The van der Waals surface area contributed by atoms with Crippen molar-refractivity contribution in [3.8, 4) is 5.75 Å². The van der Waals surface area contributed by atoms with E-state index in [1.807, 2.05) is 4.90 Å². The van der Waals surface area contributed by atoms with Crippen molar-refractivity contribution in [1.29, 1.82) is 0 Å². The Morgan fingerprint density at radius 1 is 1.12 bits per heavy atom. The zero-order valence-electron chi connectivity index (χ0n) is 13.3. The number of anilines is 1. The molecule has 24 heavy (non-hydrogen) atoms. The summed E-state index contributed by atoms with van der Waals surface area (Å²) in [5.41, 5.74) is 0.525. The fourth-order valence-corrected chi connectivity index (χ4v) is 3.13. The molecule has 1 unspecified atom stereocenters. The van der Waals surface area contributed by atoms with Crippen LogP contribution < -0.4 is 9.64 Å². The van der Waals surface area contributed by atoms with Crippen LogP contribution in [0.3, 0.4) is 0 Å². The number of nitrogens with zero attached hydrogens (tertiary/aromatic N) is 3. The summed E-state index contributed by atoms with van der Waals surface area (Å²) < 4.78 is 5.08. The predicted octanol–water partition coefficient (Wildman–Crippen LogP) is 0.623. The Labute approximate surface area is 139 Å². The minimum absolute atomic E-state index is 0.123. The largest absolute Gasteiger partial charge is 0.497 e. The van der Waals surface area contributed by atoms with Crippen molar-refractivity contribution in [2.45, 2.75) is 12.5 Å². The van der Waals surface area contributed by atoms with E-state index in [9.17, 15) is 14.4 Å². The van der Waals surface area contributed by atoms with Crippen LogP contribution in [0.1, 0.15) is 6.42 Å². The second-order valence-corrected chi connectivity index (χ2v) is 5.79. The molecule has 1 aromatic carbocycles. The summed E-state index contributed by atoms with van der Waals surface area (Å²) in [5.74, 6) is 0.156. The lowest BCUT2D eigenvalue weighted by molar-refractivity contribution is -0.123. The van der Waals surface area contributed by atoms with Gasteiger partial charge in [0, 0.05) is 26.2 Å². The highest BCUT2D eigenvalue weighted by Crippen LogP contribution is 2.27. The minimum Gasteiger partial charge on any atom is -0.497 e. The lowest BCUT2D eigenvalue weighted by atomic mass is 10.2. The van der Waals surface area contributed by atoms with Crippen molar-refractivity contribution in [3.05, 3.63) is 24.3 Å². The van der Waals surface area contributed by atoms with Crippen molar-refractivity contribution in [2.24, 2.45) is 0 Å². The molecule has 3 amide bonds. The van der Waals surface area contributed by atoms with Gasteiger partial charge in [-0.25, -0.2) is 9.69 Å². The SMILES string of the molecule is COc1ccc(N2C(=O)CC(N3CCN(C(=O)O)CC3)C2=O)cc1. The number of benzene rings is 1. The quantitative estimate of drug-likeness (QED) is 0.816. The van der Waals surface area contributed by atoms with Gasteiger partial charge in [0.25, 0.3) is 5.91 Å². The van der Waals surface area contributed by atoms with E-state index in [1.165, 1.54) is 9.80 Å². The number of carboxylic acid groups (broad SMARTS) is 1. The average molecular weight is 333 g/mol. The number of rotatable bonds is 3. The molecule has 8 heteroatoms. The Hall–Kier alpha value is -2.61. The highest BCUT2D eigenvalue weighted by molar-refractivity contribution is 6.22. The summed E-state index contributed by atoms with van der Waals surface area (Å²) in [4.78, 5) is 40.4. The number of carbonyl (C=O) groups excluding carboxylic acids is 2. The lowest BCUT2D eigenvalue weighted by Crippen LogP contribution is -2.53. The van der Waals surface area contributed by atoms with Gasteiger partial charge in [0.1, 0.15) is 5.75 Å². The summed E-state index contributed by atoms with van der Waals surface area (Å²) in [6.07, 6.45) is -0.832. The van der Waals surface area contributed by atoms with E-state index in [0.29, 0.717) is 37.6 Å². The van der Waals surface area contributed by atoms with E-state index in [4.69, 9.17) is 9.84 Å². The van der Waals surface area contributed by atoms with Crippen molar-refractivity contribution >= 4 is 23.6 Å². The summed E-state index contributed by atoms with van der Waals surface area (Å²) in [5, 5.41) is 8.99. The molecule has 8 nitrogen and oxygen atoms in total. The van der Waals surface area contributed by atoms with Gasteiger partial charge in [0.2, 0.25) is 5.91 Å². The van der Waals surface area contributed by atoms with E-state index >= 15 is 0 Å². The fraction of sp³-hybridized carbons (Fsp3) is 0.438. The van der Waals surface area contributed by atoms with E-state index in [-0.39, 0.29) is 18.2 Å². The number of hydrogen-bond acceptors (Lipinski definition) is 5. The maximum Gasteiger partial charge on any atom is 0.407 e. The van der Waals surface area contributed by atoms with Crippen LogP contribution in [0.15, 0.2) is 24.3 Å². The lowest BCUT2D eigenvalue weighted by Gasteiger charge is -2.35. The first kappa shape index (κ1) is 16.3. The summed E-state index contributed by atoms with van der Waals surface area (Å²) >= 11 is 0. The van der Waals surface area contributed by atoms with Crippen LogP contribution in [-0.4, -0.2) is 72.1 Å². The topological polar surface area (TPSA) is 90.4 Å². The number of amides is 3. The van der Waals surface area contributed by atoms with E-state index in [2.05, 4.69) is 0 Å². The molecule has 2 aliphatic heterocycles. The molecular formula is C16H19N3O5. The molecule has 0 aromatic heterocycles. The van der Waals surface area contributed by atoms with Gasteiger partial charge < -0.3 is 14.7 Å². The number of piperazine rings is 1. The predicted molar refractivity (Wildman–Crippen MR) is 85.1 cm³/mol. The normalized spacial score (nSPS) is 22.1. The molecule has 1 aromatic rings. The van der Waals surface area contributed by atoms with Gasteiger partial charge in [-0.05, 0) is 24.3 Å². The third kappa shape index (κ3) is 2.92. The molecule has 2 saturated heterocycles. The molecule has 0 aliphatic carbocycles. The molecule has 2 aliphatic rings. The molecule has 2 fully saturated rings. The monoisotopic (exact) mass is 333 g/mol. The van der Waals surface area contributed by atoms with Crippen LogP contribution in [0, 0.1) is 0 Å². The molecule has 1 N–H and O–H groups in total. The Bertz CT molecular complexity index is 652. The van der Waals surface area contributed by atoms with Gasteiger partial charge in [0.15, 0.2) is 0 Å². The smallest absolute Gasteiger partial charge is 0.407 e. The maximum atomic E-state index is 12.7. The second kappa shape index (κ2) is 6.48. The van der Waals surface area contributed by atoms with E-state index < -0.39 is 12.1 Å². The number of imide groups is 1. The molecule has 0 spiro atoms. The van der Waals surface area contributed by atoms with Crippen molar-refractivity contribution in [1.82, 2.24) is 9.80 Å². The molecule has 2 heterocycles. The molecule has 1 atom stereocenters. The average Bonchev–Trinajstić information content (AvgIpc) is 2.89. The van der Waals surface area contributed by atoms with Crippen LogP contribution in [0.5, 0.6) is 5.75 Å². The minimum atomic E-state index is -0.955. The number of methoxy groups -OCH3 is 1. The van der Waals surface area contributed by atoms with Gasteiger partial charge >= 0.3 is 6.09 Å². The Morgan fingerprint density at radius 2 is 1.75 bits per heavy atom. The molecule has 0 bridgehead atoms. The van der Waals surface area contributed by atoms with E-state index in [1.54, 1.807) is 31.4 Å². The summed E-state index contributed by atoms with van der Waals surface area (Å²) in [7, 11) is 1.55. The van der Waals surface area contributed by atoms with Crippen LogP contribution in [0.25, 0.3) is 0 Å². The first-order chi connectivity index (χ1) is 11.5. The van der Waals surface area contributed by atoms with Gasteiger partial charge in [-0.2, -0.15) is 0 Å². The van der Waals surface area contributed by atoms with Gasteiger partial charge in [-0.1, -0.05) is 0 Å². The Morgan fingerprint density at radius 3 is 2.29 bits per heavy atom. The Balaban J connectivity index is 1.71. The number of carbonyl (C=O) groups is 3. The van der Waals surface area contributed by atoms with Crippen LogP contribution in [0.2, 0.25) is 0 Å². The van der Waals surface area contributed by atoms with Gasteiger partial charge in [0.05, 0.1) is 25.3 Å². The number of ether oxygens (including phenoxy) is 1. The first-order valence-electron chi connectivity index (χ1n) is 7.74.